The van der Waals surface area contributed by atoms with Gasteiger partial charge in [-0.15, -0.1) is 0 Å². The zero-order valence-corrected chi connectivity index (χ0v) is 40.3. The monoisotopic (exact) mass is 859 g/mol. The molecule has 0 saturated heterocycles. The lowest BCUT2D eigenvalue weighted by molar-refractivity contribution is -0.162. The molecule has 0 amide bonds. The highest BCUT2D eigenvalue weighted by Gasteiger charge is 2.17. The van der Waals surface area contributed by atoms with E-state index in [1.807, 2.05) is 0 Å². The molecule has 0 aliphatic heterocycles. The van der Waals surface area contributed by atoms with Crippen molar-refractivity contribution in [3.8, 4) is 0 Å². The van der Waals surface area contributed by atoms with Crippen molar-refractivity contribution in [1.82, 2.24) is 0 Å². The summed E-state index contributed by atoms with van der Waals surface area (Å²) in [5.74, 6) is -0.488. The molecule has 0 aliphatic carbocycles. The van der Waals surface area contributed by atoms with Gasteiger partial charge >= 0.3 is 11.9 Å². The van der Waals surface area contributed by atoms with Gasteiger partial charge in [0.15, 0.2) is 6.10 Å². The highest BCUT2D eigenvalue weighted by Crippen LogP contribution is 2.14. The molecule has 0 spiro atoms. The minimum atomic E-state index is -0.597. The molecule has 0 bridgehead atoms. The Labute approximate surface area is 383 Å². The second kappa shape index (κ2) is 51.9. The van der Waals surface area contributed by atoms with Gasteiger partial charge in [0.05, 0.1) is 13.2 Å². The van der Waals surface area contributed by atoms with Crippen molar-refractivity contribution < 1.29 is 23.8 Å². The van der Waals surface area contributed by atoms with Crippen LogP contribution in [0.25, 0.3) is 0 Å². The van der Waals surface area contributed by atoms with Crippen LogP contribution in [-0.2, 0) is 23.8 Å². The summed E-state index contributed by atoms with van der Waals surface area (Å²) in [5, 5.41) is 0. The Morgan fingerprint density at radius 2 is 0.726 bits per heavy atom. The highest BCUT2D eigenvalue weighted by molar-refractivity contribution is 5.70. The molecule has 1 atom stereocenters. The summed E-state index contributed by atoms with van der Waals surface area (Å²) in [6.45, 7) is 7.34. The fourth-order valence-electron chi connectivity index (χ4n) is 6.62. The van der Waals surface area contributed by atoms with E-state index in [-0.39, 0.29) is 25.2 Å². The predicted octanol–water partition coefficient (Wildman–Crippen LogP) is 17.2. The van der Waals surface area contributed by atoms with Crippen molar-refractivity contribution in [1.29, 1.82) is 0 Å². The Hall–Kier alpha value is -3.44. The average Bonchev–Trinajstić information content (AvgIpc) is 3.27. The van der Waals surface area contributed by atoms with Gasteiger partial charge in [0, 0.05) is 12.8 Å². The van der Waals surface area contributed by atoms with E-state index < -0.39 is 6.10 Å². The minimum absolute atomic E-state index is 0.0297. The lowest BCUT2D eigenvalue weighted by Gasteiger charge is -2.18. The van der Waals surface area contributed by atoms with Crippen molar-refractivity contribution >= 4 is 11.9 Å². The van der Waals surface area contributed by atoms with Crippen molar-refractivity contribution in [3.05, 3.63) is 109 Å². The van der Waals surface area contributed by atoms with Gasteiger partial charge in [-0.25, -0.2) is 0 Å². The predicted molar refractivity (Wildman–Crippen MR) is 269 cm³/mol. The molecule has 352 valence electrons. The lowest BCUT2D eigenvalue weighted by atomic mass is 10.0. The Bertz CT molecular complexity index is 1250. The molecule has 0 aromatic heterocycles. The van der Waals surface area contributed by atoms with E-state index in [9.17, 15) is 9.59 Å². The highest BCUT2D eigenvalue weighted by atomic mass is 16.6. The van der Waals surface area contributed by atoms with E-state index >= 15 is 0 Å². The molecule has 1 unspecified atom stereocenters. The van der Waals surface area contributed by atoms with Gasteiger partial charge in [-0.3, -0.25) is 9.59 Å². The topological polar surface area (TPSA) is 61.8 Å². The van der Waals surface area contributed by atoms with Crippen molar-refractivity contribution in [2.24, 2.45) is 0 Å². The Morgan fingerprint density at radius 3 is 1.16 bits per heavy atom. The van der Waals surface area contributed by atoms with Crippen molar-refractivity contribution in [2.75, 3.05) is 19.8 Å². The standard InChI is InChI=1S/C57H94O5/c1-4-7-10-13-16-19-22-25-28-31-34-37-40-43-46-49-52-60-53-55(62-57(59)51-48-45-42-39-36-33-30-27-24-21-18-15-12-9-6-3)54-61-56(58)50-47-44-41-38-35-32-29-26-23-20-17-14-11-8-5-2/h7-8,10-11,16-17,19-20,25-26,28-29,34-35,37-38,43,46,55H,4-6,9,12-15,18,21-24,27,30-33,36,39-42,44-45,47-54H2,1-3H3/b10-7-,11-8-,19-16-,20-17-,28-25-,29-26-,37-34-,38-35-,46-43-. The Morgan fingerprint density at radius 1 is 0.371 bits per heavy atom. The molecule has 5 nitrogen and oxygen atoms in total. The lowest BCUT2D eigenvalue weighted by Crippen LogP contribution is -2.30. The van der Waals surface area contributed by atoms with Crippen LogP contribution < -0.4 is 0 Å². The third kappa shape index (κ3) is 49.2. The van der Waals surface area contributed by atoms with E-state index in [0.29, 0.717) is 19.4 Å². The van der Waals surface area contributed by atoms with Gasteiger partial charge in [0.2, 0.25) is 0 Å². The third-order valence-electron chi connectivity index (χ3n) is 10.3. The smallest absolute Gasteiger partial charge is 0.306 e. The zero-order chi connectivity index (χ0) is 44.9. The van der Waals surface area contributed by atoms with Gasteiger partial charge in [0.1, 0.15) is 6.61 Å². The summed E-state index contributed by atoms with van der Waals surface area (Å²) in [6, 6.07) is 0. The van der Waals surface area contributed by atoms with Gasteiger partial charge in [-0.05, 0) is 89.9 Å². The normalized spacial score (nSPS) is 13.1. The molecule has 0 N–H and O–H groups in total. The summed E-state index contributed by atoms with van der Waals surface area (Å²) in [7, 11) is 0. The SMILES string of the molecule is CC/C=C\C/C=C\C/C=C\C/C=C\C/C=C\CCOCC(COC(=O)CCCC/C=C\C/C=C\C/C=C\C/C=C\CC)OC(=O)CCCCCCCCCCCCCCCCC. The number of unbranched alkanes of at least 4 members (excludes halogenated alkanes) is 16. The molecule has 0 fully saturated rings. The van der Waals surface area contributed by atoms with E-state index in [2.05, 4.69) is 130 Å². The number of hydrogen-bond donors (Lipinski definition) is 0. The molecule has 62 heavy (non-hydrogen) atoms. The first-order chi connectivity index (χ1) is 30.6. The molecule has 0 aromatic carbocycles. The van der Waals surface area contributed by atoms with Gasteiger partial charge in [-0.2, -0.15) is 0 Å². The quantitative estimate of drug-likeness (QED) is 0.0347. The maximum absolute atomic E-state index is 12.8. The molecule has 0 aliphatic rings. The summed E-state index contributed by atoms with van der Waals surface area (Å²) < 4.78 is 17.3. The second-order valence-electron chi connectivity index (χ2n) is 16.3. The first-order valence-electron chi connectivity index (χ1n) is 25.4. The second-order valence-corrected chi connectivity index (χ2v) is 16.3. The van der Waals surface area contributed by atoms with Gasteiger partial charge in [-0.1, -0.05) is 220 Å². The molecule has 5 heteroatoms. The van der Waals surface area contributed by atoms with Gasteiger partial charge < -0.3 is 14.2 Å². The van der Waals surface area contributed by atoms with Crippen LogP contribution in [0, 0.1) is 0 Å². The van der Waals surface area contributed by atoms with E-state index in [1.54, 1.807) is 0 Å². The van der Waals surface area contributed by atoms with Crippen LogP contribution in [0.1, 0.15) is 213 Å². The van der Waals surface area contributed by atoms with Crippen LogP contribution in [0.5, 0.6) is 0 Å². The summed E-state index contributed by atoms with van der Waals surface area (Å²) in [5.41, 5.74) is 0. The van der Waals surface area contributed by atoms with E-state index in [0.717, 1.165) is 103 Å². The van der Waals surface area contributed by atoms with Crippen molar-refractivity contribution in [2.45, 2.75) is 219 Å². The van der Waals surface area contributed by atoms with Crippen molar-refractivity contribution in [3.63, 3.8) is 0 Å². The van der Waals surface area contributed by atoms with Crippen LogP contribution in [0.2, 0.25) is 0 Å². The number of carbonyl (C=O) groups is 2. The van der Waals surface area contributed by atoms with Crippen LogP contribution in [0.4, 0.5) is 0 Å². The molecule has 0 aromatic rings. The first-order valence-corrected chi connectivity index (χ1v) is 25.4. The largest absolute Gasteiger partial charge is 0.462 e. The first kappa shape index (κ1) is 58.6. The molecule has 0 radical (unpaired) electrons. The summed E-state index contributed by atoms with van der Waals surface area (Å²) in [4.78, 5) is 25.4. The zero-order valence-electron chi connectivity index (χ0n) is 40.3. The Kier molecular flexibility index (Phi) is 49.0. The van der Waals surface area contributed by atoms with E-state index in [4.69, 9.17) is 14.2 Å². The van der Waals surface area contributed by atoms with Crippen LogP contribution >= 0.6 is 0 Å². The Balaban J connectivity index is 4.46. The molecule has 0 rings (SSSR count). The minimum Gasteiger partial charge on any atom is -0.462 e. The number of hydrogen-bond acceptors (Lipinski definition) is 5. The summed E-state index contributed by atoms with van der Waals surface area (Å²) >= 11 is 0. The van der Waals surface area contributed by atoms with Crippen LogP contribution in [0.3, 0.4) is 0 Å². The summed E-state index contributed by atoms with van der Waals surface area (Å²) in [6.07, 6.45) is 71.2. The fourth-order valence-corrected chi connectivity index (χ4v) is 6.62. The average molecular weight is 859 g/mol. The van der Waals surface area contributed by atoms with Crippen LogP contribution in [-0.4, -0.2) is 37.9 Å². The number of ether oxygens (including phenoxy) is 3. The maximum Gasteiger partial charge on any atom is 0.306 e. The molecular weight excluding hydrogens is 765 g/mol. The number of carbonyl (C=O) groups excluding carboxylic acids is 2. The number of rotatable bonds is 45. The molecular formula is C57H94O5. The number of esters is 2. The fraction of sp³-hybridized carbons (Fsp3) is 0.649. The maximum atomic E-state index is 12.8. The van der Waals surface area contributed by atoms with E-state index in [1.165, 1.54) is 77.0 Å². The third-order valence-corrected chi connectivity index (χ3v) is 10.3. The molecule has 0 heterocycles. The van der Waals surface area contributed by atoms with Gasteiger partial charge in [0.25, 0.3) is 0 Å². The molecule has 0 saturated carbocycles. The van der Waals surface area contributed by atoms with Crippen LogP contribution in [0.15, 0.2) is 109 Å². The number of allylic oxidation sites excluding steroid dienone is 17.